The molecule has 3 aromatic rings. The fourth-order valence-electron chi connectivity index (χ4n) is 2.12. The Labute approximate surface area is 138 Å². The van der Waals surface area contributed by atoms with Crippen LogP contribution in [0.25, 0.3) is 11.0 Å². The second kappa shape index (κ2) is 5.70. The number of fused-ring (bicyclic) bond motifs is 1. The van der Waals surface area contributed by atoms with E-state index in [0.717, 1.165) is 4.47 Å². The molecule has 0 fully saturated rings. The minimum Gasteiger partial charge on any atom is -0.353 e. The monoisotopic (exact) mass is 382 g/mol. The second-order valence-electron chi connectivity index (χ2n) is 4.67. The number of aldehydes is 1. The molecule has 0 radical (unpaired) electrons. The van der Waals surface area contributed by atoms with E-state index in [0.29, 0.717) is 28.1 Å². The van der Waals surface area contributed by atoms with E-state index < -0.39 is 5.82 Å². The Balaban J connectivity index is 2.17. The number of hydrogen-bond donors (Lipinski definition) is 1. The summed E-state index contributed by atoms with van der Waals surface area (Å²) in [5.41, 5.74) is 1.16. The molecule has 3 rings (SSSR count). The van der Waals surface area contributed by atoms with Crippen molar-refractivity contribution in [2.24, 2.45) is 0 Å². The van der Waals surface area contributed by atoms with Crippen LogP contribution in [0.4, 0.5) is 15.8 Å². The maximum Gasteiger partial charge on any atom is 0.204 e. The molecule has 1 N–H and O–H groups in total. The third-order valence-electron chi connectivity index (χ3n) is 3.23. The van der Waals surface area contributed by atoms with Crippen LogP contribution in [0, 0.1) is 12.7 Å². The number of aryl methyl sites for hydroxylation is 1. The highest BCUT2D eigenvalue weighted by Gasteiger charge is 2.19. The van der Waals surface area contributed by atoms with Crippen LogP contribution in [0.5, 0.6) is 0 Å². The van der Waals surface area contributed by atoms with Crippen molar-refractivity contribution < 1.29 is 13.7 Å². The first-order valence-corrected chi connectivity index (χ1v) is 7.44. The number of aromatic nitrogens is 1. The van der Waals surface area contributed by atoms with Gasteiger partial charge < -0.3 is 9.84 Å². The number of halogens is 3. The van der Waals surface area contributed by atoms with Gasteiger partial charge in [-0.3, -0.25) is 4.79 Å². The molecule has 2 aromatic carbocycles. The maximum absolute atomic E-state index is 14.6. The van der Waals surface area contributed by atoms with Crippen molar-refractivity contribution in [3.63, 3.8) is 0 Å². The Morgan fingerprint density at radius 3 is 2.86 bits per heavy atom. The molecule has 0 bridgehead atoms. The van der Waals surface area contributed by atoms with Crippen molar-refractivity contribution in [2.45, 2.75) is 6.92 Å². The maximum atomic E-state index is 14.6. The second-order valence-corrected chi connectivity index (χ2v) is 5.99. The van der Waals surface area contributed by atoms with Crippen molar-refractivity contribution in [3.05, 3.63) is 50.8 Å². The van der Waals surface area contributed by atoms with Gasteiger partial charge in [-0.25, -0.2) is 4.39 Å². The van der Waals surface area contributed by atoms with Gasteiger partial charge in [0.05, 0.1) is 22.1 Å². The average molecular weight is 384 g/mol. The van der Waals surface area contributed by atoms with E-state index in [2.05, 4.69) is 26.4 Å². The Kier molecular flexibility index (Phi) is 3.88. The Bertz CT molecular complexity index is 895. The molecule has 1 aromatic heterocycles. The molecule has 4 nitrogen and oxygen atoms in total. The summed E-state index contributed by atoms with van der Waals surface area (Å²) in [7, 11) is 0. The van der Waals surface area contributed by atoms with Crippen LogP contribution in [0.1, 0.15) is 16.1 Å². The number of hydrogen-bond acceptors (Lipinski definition) is 4. The van der Waals surface area contributed by atoms with Crippen LogP contribution in [-0.4, -0.2) is 11.4 Å². The summed E-state index contributed by atoms with van der Waals surface area (Å²) in [4.78, 5) is 11.3. The van der Waals surface area contributed by atoms with E-state index in [9.17, 15) is 9.18 Å². The average Bonchev–Trinajstić information content (AvgIpc) is 2.85. The van der Waals surface area contributed by atoms with Gasteiger partial charge in [-0.1, -0.05) is 32.7 Å². The highest BCUT2D eigenvalue weighted by atomic mass is 79.9. The van der Waals surface area contributed by atoms with E-state index in [-0.39, 0.29) is 16.8 Å². The third kappa shape index (κ3) is 2.48. The lowest BCUT2D eigenvalue weighted by atomic mass is 10.1. The largest absolute Gasteiger partial charge is 0.353 e. The molecule has 0 aliphatic rings. The summed E-state index contributed by atoms with van der Waals surface area (Å²) in [6, 6.07) is 6.63. The van der Waals surface area contributed by atoms with Gasteiger partial charge in [-0.15, -0.1) is 0 Å². The SMILES string of the molecule is Cc1noc2c(F)c(Nc3ccc(Br)cc3Cl)c(C=O)cc12. The standard InChI is InChI=1S/C15H9BrClFN2O2/c1-7-10-4-8(6-21)14(13(18)15(10)22-20-7)19-12-3-2-9(16)5-11(12)17/h2-6,19H,1H3. The van der Waals surface area contributed by atoms with E-state index >= 15 is 0 Å². The van der Waals surface area contributed by atoms with E-state index in [1.165, 1.54) is 6.07 Å². The number of carbonyl (C=O) groups excluding carboxylic acids is 1. The molecule has 22 heavy (non-hydrogen) atoms. The molecule has 0 unspecified atom stereocenters. The normalized spacial score (nSPS) is 10.9. The molecule has 112 valence electrons. The van der Waals surface area contributed by atoms with Gasteiger partial charge in [0.15, 0.2) is 12.1 Å². The van der Waals surface area contributed by atoms with Crippen LogP contribution < -0.4 is 5.32 Å². The molecule has 0 spiro atoms. The minimum atomic E-state index is -0.681. The summed E-state index contributed by atoms with van der Waals surface area (Å²) >= 11 is 9.40. The molecule has 0 saturated carbocycles. The van der Waals surface area contributed by atoms with Gasteiger partial charge in [-0.05, 0) is 31.2 Å². The van der Waals surface area contributed by atoms with Gasteiger partial charge >= 0.3 is 0 Å². The summed E-state index contributed by atoms with van der Waals surface area (Å²) in [6.45, 7) is 1.68. The van der Waals surface area contributed by atoms with Crippen molar-refractivity contribution >= 4 is 56.2 Å². The van der Waals surface area contributed by atoms with E-state index in [1.807, 2.05) is 0 Å². The van der Waals surface area contributed by atoms with Gasteiger partial charge in [0.1, 0.15) is 0 Å². The van der Waals surface area contributed by atoms with Crippen molar-refractivity contribution in [1.29, 1.82) is 0 Å². The predicted molar refractivity (Wildman–Crippen MR) is 86.5 cm³/mol. The summed E-state index contributed by atoms with van der Waals surface area (Å²) in [5, 5.41) is 7.41. The number of nitrogens with zero attached hydrogens (tertiary/aromatic N) is 1. The molecular formula is C15H9BrClFN2O2. The molecule has 0 amide bonds. The number of nitrogens with one attached hydrogen (secondary N) is 1. The van der Waals surface area contributed by atoms with Crippen LogP contribution in [0.15, 0.2) is 33.3 Å². The zero-order chi connectivity index (χ0) is 15.9. The van der Waals surface area contributed by atoms with Crippen molar-refractivity contribution in [3.8, 4) is 0 Å². The molecule has 1 heterocycles. The Morgan fingerprint density at radius 1 is 1.41 bits per heavy atom. The lowest BCUT2D eigenvalue weighted by Gasteiger charge is -2.12. The lowest BCUT2D eigenvalue weighted by Crippen LogP contribution is -2.00. The van der Waals surface area contributed by atoms with Crippen LogP contribution in [0.3, 0.4) is 0 Å². The zero-order valence-corrected chi connectivity index (χ0v) is 13.6. The van der Waals surface area contributed by atoms with Crippen LogP contribution in [0.2, 0.25) is 5.02 Å². The highest BCUT2D eigenvalue weighted by Crippen LogP contribution is 2.34. The third-order valence-corrected chi connectivity index (χ3v) is 4.04. The van der Waals surface area contributed by atoms with Crippen molar-refractivity contribution in [2.75, 3.05) is 5.32 Å². The number of anilines is 2. The number of rotatable bonds is 3. The molecular weight excluding hydrogens is 375 g/mol. The molecule has 7 heteroatoms. The first kappa shape index (κ1) is 15.0. The zero-order valence-electron chi connectivity index (χ0n) is 11.3. The van der Waals surface area contributed by atoms with Gasteiger partial charge in [0.25, 0.3) is 0 Å². The van der Waals surface area contributed by atoms with E-state index in [4.69, 9.17) is 16.1 Å². The Hall–Kier alpha value is -1.92. The minimum absolute atomic E-state index is 0.00108. The van der Waals surface area contributed by atoms with Crippen LogP contribution in [-0.2, 0) is 0 Å². The quantitative estimate of drug-likeness (QED) is 0.628. The molecule has 0 saturated heterocycles. The molecule has 0 aliphatic carbocycles. The molecule has 0 aliphatic heterocycles. The topological polar surface area (TPSA) is 55.1 Å². The highest BCUT2D eigenvalue weighted by molar-refractivity contribution is 9.10. The summed E-state index contributed by atoms with van der Waals surface area (Å²) < 4.78 is 20.4. The van der Waals surface area contributed by atoms with Gasteiger partial charge in [0, 0.05) is 15.4 Å². The van der Waals surface area contributed by atoms with E-state index in [1.54, 1.807) is 25.1 Å². The first-order chi connectivity index (χ1) is 10.5. The van der Waals surface area contributed by atoms with Crippen molar-refractivity contribution in [1.82, 2.24) is 5.16 Å². The first-order valence-electron chi connectivity index (χ1n) is 6.27. The lowest BCUT2D eigenvalue weighted by molar-refractivity contribution is 0.112. The fraction of sp³-hybridized carbons (Fsp3) is 0.0667. The number of benzene rings is 2. The van der Waals surface area contributed by atoms with Gasteiger partial charge in [0.2, 0.25) is 5.58 Å². The number of carbonyl (C=O) groups is 1. The smallest absolute Gasteiger partial charge is 0.204 e. The Morgan fingerprint density at radius 2 is 2.18 bits per heavy atom. The fourth-order valence-corrected chi connectivity index (χ4v) is 2.84. The van der Waals surface area contributed by atoms with Gasteiger partial charge in [-0.2, -0.15) is 0 Å². The molecule has 0 atom stereocenters. The summed E-state index contributed by atoms with van der Waals surface area (Å²) in [5.74, 6) is -0.681. The predicted octanol–water partition coefficient (Wildman–Crippen LogP) is 5.25. The van der Waals surface area contributed by atoms with Crippen LogP contribution >= 0.6 is 27.5 Å². The summed E-state index contributed by atoms with van der Waals surface area (Å²) in [6.07, 6.45) is 0.573.